The molecule has 15 heavy (non-hydrogen) atoms. The summed E-state index contributed by atoms with van der Waals surface area (Å²) in [6.07, 6.45) is 1.91. The van der Waals surface area contributed by atoms with Crippen LogP contribution < -0.4 is 17.0 Å². The van der Waals surface area contributed by atoms with E-state index in [1.54, 1.807) is 6.07 Å². The van der Waals surface area contributed by atoms with Crippen LogP contribution in [0.15, 0.2) is 15.8 Å². The Morgan fingerprint density at radius 1 is 1.53 bits per heavy atom. The SMILES string of the molecule is Cn1c(=O)c(C#N)cn(CCCN)c1=O. The molecule has 80 valence electrons. The molecule has 0 aliphatic carbocycles. The smallest absolute Gasteiger partial charge is 0.330 e. The Balaban J connectivity index is 3.31. The third-order valence-electron chi connectivity index (χ3n) is 2.08. The van der Waals surface area contributed by atoms with Crippen molar-refractivity contribution in [2.75, 3.05) is 6.54 Å². The summed E-state index contributed by atoms with van der Waals surface area (Å²) in [5.41, 5.74) is 4.30. The van der Waals surface area contributed by atoms with E-state index in [0.717, 1.165) is 4.57 Å². The van der Waals surface area contributed by atoms with Crippen LogP contribution in [0.2, 0.25) is 0 Å². The normalized spacial score (nSPS) is 9.93. The minimum atomic E-state index is -0.563. The fraction of sp³-hybridized carbons (Fsp3) is 0.444. The monoisotopic (exact) mass is 208 g/mol. The number of hydrogen-bond donors (Lipinski definition) is 1. The Morgan fingerprint density at radius 3 is 2.73 bits per heavy atom. The van der Waals surface area contributed by atoms with E-state index in [9.17, 15) is 9.59 Å². The highest BCUT2D eigenvalue weighted by Crippen LogP contribution is 1.88. The maximum absolute atomic E-state index is 11.5. The van der Waals surface area contributed by atoms with Gasteiger partial charge < -0.3 is 5.73 Å². The third-order valence-corrected chi connectivity index (χ3v) is 2.08. The van der Waals surface area contributed by atoms with Crippen LogP contribution in [-0.4, -0.2) is 15.7 Å². The van der Waals surface area contributed by atoms with Crippen molar-refractivity contribution >= 4 is 0 Å². The van der Waals surface area contributed by atoms with Crippen molar-refractivity contribution in [1.29, 1.82) is 5.26 Å². The lowest BCUT2D eigenvalue weighted by atomic mass is 10.3. The molecule has 2 N–H and O–H groups in total. The lowest BCUT2D eigenvalue weighted by Gasteiger charge is -2.06. The summed E-state index contributed by atoms with van der Waals surface area (Å²) in [4.78, 5) is 22.9. The average molecular weight is 208 g/mol. The van der Waals surface area contributed by atoms with E-state index in [4.69, 9.17) is 11.0 Å². The number of hydrogen-bond acceptors (Lipinski definition) is 4. The molecule has 0 unspecified atom stereocenters. The van der Waals surface area contributed by atoms with Gasteiger partial charge in [-0.3, -0.25) is 13.9 Å². The highest BCUT2D eigenvalue weighted by molar-refractivity contribution is 5.22. The highest BCUT2D eigenvalue weighted by atomic mass is 16.2. The number of nitrogens with zero attached hydrogens (tertiary/aromatic N) is 3. The zero-order valence-corrected chi connectivity index (χ0v) is 8.43. The van der Waals surface area contributed by atoms with E-state index in [0.29, 0.717) is 19.5 Å². The van der Waals surface area contributed by atoms with Crippen molar-refractivity contribution in [3.8, 4) is 6.07 Å². The molecule has 1 aromatic heterocycles. The van der Waals surface area contributed by atoms with Gasteiger partial charge in [-0.1, -0.05) is 0 Å². The van der Waals surface area contributed by atoms with Crippen molar-refractivity contribution < 1.29 is 0 Å². The summed E-state index contributed by atoms with van der Waals surface area (Å²) in [6.45, 7) is 0.870. The van der Waals surface area contributed by atoms with E-state index >= 15 is 0 Å². The summed E-state index contributed by atoms with van der Waals surface area (Å²) < 4.78 is 2.25. The first-order valence-corrected chi connectivity index (χ1v) is 4.52. The van der Waals surface area contributed by atoms with Gasteiger partial charge in [0, 0.05) is 19.8 Å². The molecule has 0 amide bonds. The second-order valence-electron chi connectivity index (χ2n) is 3.14. The van der Waals surface area contributed by atoms with Crippen LogP contribution in [0.25, 0.3) is 0 Å². The van der Waals surface area contributed by atoms with Gasteiger partial charge in [-0.25, -0.2) is 4.79 Å². The van der Waals surface area contributed by atoms with E-state index in [2.05, 4.69) is 0 Å². The van der Waals surface area contributed by atoms with E-state index in [1.165, 1.54) is 17.8 Å². The third kappa shape index (κ3) is 2.14. The van der Waals surface area contributed by atoms with Gasteiger partial charge in [0.05, 0.1) is 0 Å². The van der Waals surface area contributed by atoms with Gasteiger partial charge in [0.25, 0.3) is 5.56 Å². The lowest BCUT2D eigenvalue weighted by molar-refractivity contribution is 0.575. The minimum Gasteiger partial charge on any atom is -0.330 e. The van der Waals surface area contributed by atoms with E-state index in [-0.39, 0.29) is 5.56 Å². The molecule has 0 fully saturated rings. The van der Waals surface area contributed by atoms with E-state index in [1.807, 2.05) is 0 Å². The number of nitriles is 1. The average Bonchev–Trinajstić information content (AvgIpc) is 2.25. The molecule has 0 spiro atoms. The summed E-state index contributed by atoms with van der Waals surface area (Å²) in [5, 5.41) is 8.68. The summed E-state index contributed by atoms with van der Waals surface area (Å²) in [6, 6.07) is 1.76. The van der Waals surface area contributed by atoms with Gasteiger partial charge in [-0.05, 0) is 13.0 Å². The standard InChI is InChI=1S/C9H12N4O2/c1-12-8(14)7(5-11)6-13(9(12)15)4-2-3-10/h6H,2-4,10H2,1H3. The van der Waals surface area contributed by atoms with Gasteiger partial charge in [-0.15, -0.1) is 0 Å². The molecule has 0 radical (unpaired) electrons. The Labute approximate surface area is 86.2 Å². The van der Waals surface area contributed by atoms with E-state index < -0.39 is 11.2 Å². The predicted octanol–water partition coefficient (Wildman–Crippen LogP) is -1.23. The quantitative estimate of drug-likeness (QED) is 0.672. The van der Waals surface area contributed by atoms with Gasteiger partial charge >= 0.3 is 5.69 Å². The Morgan fingerprint density at radius 2 is 2.20 bits per heavy atom. The highest BCUT2D eigenvalue weighted by Gasteiger charge is 2.07. The topological polar surface area (TPSA) is 93.8 Å². The molecule has 0 bridgehead atoms. The molecule has 0 saturated heterocycles. The van der Waals surface area contributed by atoms with Crippen LogP contribution in [0.4, 0.5) is 0 Å². The predicted molar refractivity (Wildman–Crippen MR) is 54.3 cm³/mol. The molecule has 1 rings (SSSR count). The maximum Gasteiger partial charge on any atom is 0.330 e. The fourth-order valence-electron chi connectivity index (χ4n) is 1.23. The van der Waals surface area contributed by atoms with Gasteiger partial charge in [0.2, 0.25) is 0 Å². The van der Waals surface area contributed by atoms with Crippen LogP contribution in [0.3, 0.4) is 0 Å². The zero-order valence-electron chi connectivity index (χ0n) is 8.43. The van der Waals surface area contributed by atoms with Crippen molar-refractivity contribution in [2.24, 2.45) is 12.8 Å². The van der Waals surface area contributed by atoms with Crippen LogP contribution in [0.5, 0.6) is 0 Å². The van der Waals surface area contributed by atoms with Crippen LogP contribution in [-0.2, 0) is 13.6 Å². The number of nitrogens with two attached hydrogens (primary N) is 1. The van der Waals surface area contributed by atoms with Crippen molar-refractivity contribution in [1.82, 2.24) is 9.13 Å². The molecule has 0 aliphatic rings. The molecule has 0 saturated carbocycles. The first-order valence-electron chi connectivity index (χ1n) is 4.52. The number of aryl methyl sites for hydroxylation is 1. The van der Waals surface area contributed by atoms with Gasteiger partial charge in [0.15, 0.2) is 0 Å². The van der Waals surface area contributed by atoms with Crippen molar-refractivity contribution in [2.45, 2.75) is 13.0 Å². The fourth-order valence-corrected chi connectivity index (χ4v) is 1.23. The molecule has 6 heteroatoms. The van der Waals surface area contributed by atoms with Crippen LogP contribution in [0, 0.1) is 11.3 Å². The molecule has 1 aromatic rings. The Hall–Kier alpha value is -1.87. The molecule has 0 aromatic carbocycles. The molecule has 0 aliphatic heterocycles. The van der Waals surface area contributed by atoms with Crippen LogP contribution >= 0.6 is 0 Å². The zero-order chi connectivity index (χ0) is 11.4. The first kappa shape index (κ1) is 11.2. The van der Waals surface area contributed by atoms with Gasteiger partial charge in [0.1, 0.15) is 11.6 Å². The summed E-state index contributed by atoms with van der Waals surface area (Å²) >= 11 is 0. The van der Waals surface area contributed by atoms with Crippen molar-refractivity contribution in [3.05, 3.63) is 32.6 Å². The Kier molecular flexibility index (Phi) is 3.42. The van der Waals surface area contributed by atoms with Crippen molar-refractivity contribution in [3.63, 3.8) is 0 Å². The first-order chi connectivity index (χ1) is 7.11. The largest absolute Gasteiger partial charge is 0.330 e. The number of rotatable bonds is 3. The molecule has 0 atom stereocenters. The minimum absolute atomic E-state index is 0.0332. The molecule has 6 nitrogen and oxygen atoms in total. The number of aromatic nitrogens is 2. The maximum atomic E-state index is 11.5. The second kappa shape index (κ2) is 4.57. The molecule has 1 heterocycles. The second-order valence-corrected chi connectivity index (χ2v) is 3.14. The molecular weight excluding hydrogens is 196 g/mol. The molecular formula is C9H12N4O2. The summed E-state index contributed by atoms with van der Waals surface area (Å²) in [5.74, 6) is 0. The Bertz CT molecular complexity index is 506. The summed E-state index contributed by atoms with van der Waals surface area (Å²) in [7, 11) is 1.35. The van der Waals surface area contributed by atoms with Crippen LogP contribution in [0.1, 0.15) is 12.0 Å². The lowest BCUT2D eigenvalue weighted by Crippen LogP contribution is -2.39. The van der Waals surface area contributed by atoms with Gasteiger partial charge in [-0.2, -0.15) is 5.26 Å².